The van der Waals surface area contributed by atoms with Gasteiger partial charge in [0, 0.05) is 25.3 Å². The third-order valence-corrected chi connectivity index (χ3v) is 6.23. The van der Waals surface area contributed by atoms with Crippen molar-refractivity contribution in [2.75, 3.05) is 29.4 Å². The van der Waals surface area contributed by atoms with E-state index in [1.54, 1.807) is 0 Å². The zero-order valence-corrected chi connectivity index (χ0v) is 17.1. The maximum Gasteiger partial charge on any atom is 0.573 e. The summed E-state index contributed by atoms with van der Waals surface area (Å²) >= 11 is 0. The number of alkyl halides is 6. The second kappa shape index (κ2) is 8.11. The maximum absolute atomic E-state index is 14.2. The highest BCUT2D eigenvalue weighted by molar-refractivity contribution is 6.00. The normalized spacial score (nSPS) is 18.8. The summed E-state index contributed by atoms with van der Waals surface area (Å²) in [5, 5.41) is 0. The fourth-order valence-electron chi connectivity index (χ4n) is 4.47. The lowest BCUT2D eigenvalue weighted by Gasteiger charge is -2.39. The van der Waals surface area contributed by atoms with Crippen LogP contribution in [0.25, 0.3) is 0 Å². The third-order valence-electron chi connectivity index (χ3n) is 6.23. The molecule has 2 aromatic carbocycles. The van der Waals surface area contributed by atoms with Gasteiger partial charge >= 0.3 is 12.5 Å². The van der Waals surface area contributed by atoms with Gasteiger partial charge in [-0.1, -0.05) is 0 Å². The van der Waals surface area contributed by atoms with Gasteiger partial charge < -0.3 is 14.5 Å². The first-order valence-electron chi connectivity index (χ1n) is 10.2. The third kappa shape index (κ3) is 4.72. The molecule has 1 amide bonds. The number of hydrogen-bond acceptors (Lipinski definition) is 3. The molecule has 0 aliphatic carbocycles. The molecule has 2 aliphatic heterocycles. The molecule has 11 heteroatoms. The molecule has 0 aromatic heterocycles. The first-order valence-corrected chi connectivity index (χ1v) is 10.2. The average molecular weight is 476 g/mol. The van der Waals surface area contributed by atoms with E-state index in [-0.39, 0.29) is 24.7 Å². The van der Waals surface area contributed by atoms with Gasteiger partial charge in [0.25, 0.3) is 0 Å². The average Bonchev–Trinajstić information content (AvgIpc) is 3.04. The van der Waals surface area contributed by atoms with E-state index in [4.69, 9.17) is 0 Å². The van der Waals surface area contributed by atoms with Gasteiger partial charge in [-0.2, -0.15) is 13.2 Å². The Kier molecular flexibility index (Phi) is 5.69. The number of nitrogens with zero attached hydrogens (tertiary/aromatic N) is 2. The zero-order valence-electron chi connectivity index (χ0n) is 17.1. The maximum atomic E-state index is 14.2. The van der Waals surface area contributed by atoms with Crippen LogP contribution in [0, 0.1) is 11.2 Å². The first-order chi connectivity index (χ1) is 15.4. The summed E-state index contributed by atoms with van der Waals surface area (Å²) in [6.45, 7) is 0.766. The molecule has 2 aliphatic rings. The van der Waals surface area contributed by atoms with E-state index in [2.05, 4.69) is 4.74 Å². The lowest BCUT2D eigenvalue weighted by molar-refractivity contribution is -0.274. The summed E-state index contributed by atoms with van der Waals surface area (Å²) in [4.78, 5) is 16.2. The molecule has 2 heterocycles. The van der Waals surface area contributed by atoms with Crippen molar-refractivity contribution < 1.29 is 40.3 Å². The summed E-state index contributed by atoms with van der Waals surface area (Å²) in [5.41, 5.74) is -1.41. The van der Waals surface area contributed by atoms with Crippen LogP contribution in [0.4, 0.5) is 42.1 Å². The molecule has 33 heavy (non-hydrogen) atoms. The number of halogens is 7. The largest absolute Gasteiger partial charge is 0.573 e. The van der Waals surface area contributed by atoms with E-state index >= 15 is 0 Å². The molecule has 2 aromatic rings. The molecule has 0 saturated carbocycles. The summed E-state index contributed by atoms with van der Waals surface area (Å²) < 4.78 is 94.1. The van der Waals surface area contributed by atoms with Crippen molar-refractivity contribution in [3.05, 3.63) is 53.8 Å². The van der Waals surface area contributed by atoms with Gasteiger partial charge in [0.05, 0.1) is 16.7 Å². The number of carbonyl (C=O) groups is 1. The Morgan fingerprint density at radius 2 is 1.45 bits per heavy atom. The van der Waals surface area contributed by atoms with Gasteiger partial charge in [-0.3, -0.25) is 4.79 Å². The Hall–Kier alpha value is -2.98. The Morgan fingerprint density at radius 3 is 2.03 bits per heavy atom. The van der Waals surface area contributed by atoms with Crippen molar-refractivity contribution in [2.45, 2.75) is 31.8 Å². The number of carbonyl (C=O) groups excluding carboxylic acids is 1. The summed E-state index contributed by atoms with van der Waals surface area (Å²) in [6, 6.07) is 7.24. The summed E-state index contributed by atoms with van der Waals surface area (Å²) in [7, 11) is 0. The zero-order chi connectivity index (χ0) is 24.0. The molecule has 4 nitrogen and oxygen atoms in total. The Balaban J connectivity index is 1.45. The minimum Gasteiger partial charge on any atom is -0.406 e. The highest BCUT2D eigenvalue weighted by atomic mass is 19.4. The van der Waals surface area contributed by atoms with Gasteiger partial charge in [-0.05, 0) is 61.7 Å². The lowest BCUT2D eigenvalue weighted by atomic mass is 9.77. The van der Waals surface area contributed by atoms with E-state index in [1.807, 2.05) is 0 Å². The quantitative estimate of drug-likeness (QED) is 0.528. The fourth-order valence-corrected chi connectivity index (χ4v) is 4.47. The van der Waals surface area contributed by atoms with E-state index in [1.165, 1.54) is 21.9 Å². The van der Waals surface area contributed by atoms with E-state index < -0.39 is 35.1 Å². The number of ether oxygens (including phenoxy) is 1. The number of benzene rings is 2. The highest BCUT2D eigenvalue weighted by Gasteiger charge is 2.49. The molecule has 0 bridgehead atoms. The fraction of sp³-hybridized carbons (Fsp3) is 0.409. The number of anilines is 2. The number of piperidine rings is 1. The van der Waals surface area contributed by atoms with Crippen LogP contribution in [-0.2, 0) is 11.0 Å². The van der Waals surface area contributed by atoms with Crippen molar-refractivity contribution in [2.24, 2.45) is 5.41 Å². The molecule has 4 rings (SSSR count). The molecule has 0 radical (unpaired) electrons. The van der Waals surface area contributed by atoms with Crippen molar-refractivity contribution in [1.29, 1.82) is 0 Å². The van der Waals surface area contributed by atoms with E-state index in [0.717, 1.165) is 24.3 Å². The molecule has 2 saturated heterocycles. The molecule has 0 N–H and O–H groups in total. The molecule has 0 atom stereocenters. The molecular formula is C22H19F7N2O2. The second-order valence-electron chi connectivity index (χ2n) is 8.18. The van der Waals surface area contributed by atoms with Crippen LogP contribution in [0.5, 0.6) is 5.75 Å². The number of hydrogen-bond donors (Lipinski definition) is 0. The van der Waals surface area contributed by atoms with Crippen LogP contribution in [0.2, 0.25) is 0 Å². The smallest absolute Gasteiger partial charge is 0.406 e. The van der Waals surface area contributed by atoms with E-state index in [0.29, 0.717) is 37.6 Å². The lowest BCUT2D eigenvalue weighted by Crippen LogP contribution is -2.45. The minimum atomic E-state index is -4.82. The standard InChI is InChI=1S/C22H19F7N2O2/c23-17-6-1-14(21(24,25)26)13-18(17)30-10-7-20(8-11-30)9-12-31(19(20)32)15-2-4-16(5-3-15)33-22(27,28)29/h1-6,13H,7-12H2. The Morgan fingerprint density at radius 1 is 0.848 bits per heavy atom. The van der Waals surface area contributed by atoms with Gasteiger partial charge in [0.1, 0.15) is 11.6 Å². The Labute approximate surface area is 184 Å². The summed E-state index contributed by atoms with van der Waals surface area (Å²) in [5.74, 6) is -1.36. The minimum absolute atomic E-state index is 0.151. The van der Waals surface area contributed by atoms with Crippen molar-refractivity contribution in [3.63, 3.8) is 0 Å². The van der Waals surface area contributed by atoms with E-state index in [9.17, 15) is 35.5 Å². The molecular weight excluding hydrogens is 457 g/mol. The predicted octanol–water partition coefficient (Wildman–Crippen LogP) is 5.77. The van der Waals surface area contributed by atoms with Crippen molar-refractivity contribution in [3.8, 4) is 5.75 Å². The molecule has 178 valence electrons. The predicted molar refractivity (Wildman–Crippen MR) is 105 cm³/mol. The van der Waals surface area contributed by atoms with Crippen LogP contribution >= 0.6 is 0 Å². The molecule has 0 unspecified atom stereocenters. The molecule has 2 fully saturated rings. The first kappa shape index (κ1) is 23.2. The van der Waals surface area contributed by atoms with Gasteiger partial charge in [-0.15, -0.1) is 13.2 Å². The van der Waals surface area contributed by atoms with Gasteiger partial charge in [0.15, 0.2) is 0 Å². The van der Waals surface area contributed by atoms with Gasteiger partial charge in [0.2, 0.25) is 5.91 Å². The van der Waals surface area contributed by atoms with Crippen LogP contribution in [0.15, 0.2) is 42.5 Å². The topological polar surface area (TPSA) is 32.8 Å². The number of amides is 1. The van der Waals surface area contributed by atoms with Crippen LogP contribution < -0.4 is 14.5 Å². The van der Waals surface area contributed by atoms with Crippen LogP contribution in [-0.4, -0.2) is 31.9 Å². The van der Waals surface area contributed by atoms with Crippen molar-refractivity contribution in [1.82, 2.24) is 0 Å². The van der Waals surface area contributed by atoms with Crippen LogP contribution in [0.3, 0.4) is 0 Å². The SMILES string of the molecule is O=C1N(c2ccc(OC(F)(F)F)cc2)CCC12CCN(c1cc(C(F)(F)F)ccc1F)CC2. The van der Waals surface area contributed by atoms with Crippen molar-refractivity contribution >= 4 is 17.3 Å². The second-order valence-corrected chi connectivity index (χ2v) is 8.18. The Bertz CT molecular complexity index is 1030. The highest BCUT2D eigenvalue weighted by Crippen LogP contribution is 2.45. The molecule has 1 spiro atoms. The monoisotopic (exact) mass is 476 g/mol. The van der Waals surface area contributed by atoms with Crippen LogP contribution in [0.1, 0.15) is 24.8 Å². The summed E-state index contributed by atoms with van der Waals surface area (Å²) in [6.07, 6.45) is -8.27. The van der Waals surface area contributed by atoms with Gasteiger partial charge in [-0.25, -0.2) is 4.39 Å². The number of rotatable bonds is 3.